The number of carbonyl (C=O) groups excluding carboxylic acids is 1. The zero-order valence-electron chi connectivity index (χ0n) is 13.3. The molecule has 8 heteroatoms. The van der Waals surface area contributed by atoms with E-state index in [2.05, 4.69) is 10.6 Å². The molecule has 2 fully saturated rings. The van der Waals surface area contributed by atoms with Gasteiger partial charge in [0.25, 0.3) is 0 Å². The molecule has 0 aromatic heterocycles. The molecule has 0 radical (unpaired) electrons. The second-order valence-corrected chi connectivity index (χ2v) is 6.05. The molecular weight excluding hydrogens is 359 g/mol. The summed E-state index contributed by atoms with van der Waals surface area (Å²) in [6, 6.07) is 3.84. The van der Waals surface area contributed by atoms with Crippen LogP contribution < -0.4 is 15.5 Å². The molecular formula is C16H23Cl2F2N3O. The molecule has 2 N–H and O–H groups in total. The highest BCUT2D eigenvalue weighted by molar-refractivity contribution is 5.85. The van der Waals surface area contributed by atoms with E-state index in [1.165, 1.54) is 18.2 Å². The Balaban J connectivity index is 0.00000144. The summed E-state index contributed by atoms with van der Waals surface area (Å²) >= 11 is 0. The van der Waals surface area contributed by atoms with Crippen molar-refractivity contribution in [2.75, 3.05) is 31.1 Å². The third kappa shape index (κ3) is 4.71. The number of amides is 1. The smallest absolute Gasteiger partial charge is 0.224 e. The van der Waals surface area contributed by atoms with Crippen molar-refractivity contribution in [1.29, 1.82) is 0 Å². The zero-order chi connectivity index (χ0) is 15.5. The number of halogens is 4. The maximum atomic E-state index is 13.8. The molecule has 2 heterocycles. The first kappa shape index (κ1) is 20.9. The molecule has 2 aliphatic heterocycles. The summed E-state index contributed by atoms with van der Waals surface area (Å²) in [7, 11) is 0. The number of nitrogens with zero attached hydrogens (tertiary/aromatic N) is 1. The Labute approximate surface area is 153 Å². The lowest BCUT2D eigenvalue weighted by Gasteiger charge is -2.24. The van der Waals surface area contributed by atoms with Crippen molar-refractivity contribution >= 4 is 36.4 Å². The first-order valence-electron chi connectivity index (χ1n) is 7.85. The summed E-state index contributed by atoms with van der Waals surface area (Å²) in [6.07, 6.45) is 2.62. The highest BCUT2D eigenvalue weighted by Gasteiger charge is 2.29. The molecule has 136 valence electrons. The first-order valence-corrected chi connectivity index (χ1v) is 7.85. The number of piperidine rings is 1. The summed E-state index contributed by atoms with van der Waals surface area (Å²) in [5, 5.41) is 6.24. The highest BCUT2D eigenvalue weighted by atomic mass is 35.5. The molecule has 1 aromatic carbocycles. The Morgan fingerprint density at radius 1 is 1.21 bits per heavy atom. The maximum Gasteiger partial charge on any atom is 0.224 e. The molecule has 24 heavy (non-hydrogen) atoms. The van der Waals surface area contributed by atoms with Gasteiger partial charge < -0.3 is 15.5 Å². The number of hydrogen-bond donors (Lipinski definition) is 2. The van der Waals surface area contributed by atoms with E-state index in [1.807, 2.05) is 0 Å². The fourth-order valence-electron chi connectivity index (χ4n) is 3.27. The van der Waals surface area contributed by atoms with Gasteiger partial charge in [0.05, 0.1) is 5.92 Å². The second kappa shape index (κ2) is 9.39. The van der Waals surface area contributed by atoms with Crippen LogP contribution in [0.1, 0.15) is 19.3 Å². The van der Waals surface area contributed by atoms with Crippen molar-refractivity contribution in [3.8, 4) is 0 Å². The Bertz CT molecular complexity index is 536. The van der Waals surface area contributed by atoms with Gasteiger partial charge in [-0.2, -0.15) is 0 Å². The van der Waals surface area contributed by atoms with E-state index in [-0.39, 0.29) is 48.4 Å². The zero-order valence-corrected chi connectivity index (χ0v) is 14.9. The van der Waals surface area contributed by atoms with E-state index in [1.54, 1.807) is 4.90 Å². The molecule has 2 unspecified atom stereocenters. The van der Waals surface area contributed by atoms with Crippen LogP contribution >= 0.6 is 24.8 Å². The van der Waals surface area contributed by atoms with Gasteiger partial charge in [0.15, 0.2) is 0 Å². The number of carbonyl (C=O) groups is 1. The minimum atomic E-state index is -0.552. The average molecular weight is 382 g/mol. The Hall–Kier alpha value is -1.11. The fraction of sp³-hybridized carbons (Fsp3) is 0.562. The second-order valence-electron chi connectivity index (χ2n) is 6.05. The van der Waals surface area contributed by atoms with E-state index >= 15 is 0 Å². The van der Waals surface area contributed by atoms with Crippen molar-refractivity contribution in [3.63, 3.8) is 0 Å². The fourth-order valence-corrected chi connectivity index (χ4v) is 3.27. The van der Waals surface area contributed by atoms with Crippen molar-refractivity contribution < 1.29 is 13.6 Å². The molecule has 2 atom stereocenters. The third-order valence-corrected chi connectivity index (χ3v) is 4.46. The number of rotatable bonds is 3. The van der Waals surface area contributed by atoms with Crippen LogP contribution in [0.3, 0.4) is 0 Å². The lowest BCUT2D eigenvalue weighted by atomic mass is 9.98. The van der Waals surface area contributed by atoms with Crippen LogP contribution in [0.5, 0.6) is 0 Å². The van der Waals surface area contributed by atoms with Gasteiger partial charge in [0.2, 0.25) is 5.91 Å². The van der Waals surface area contributed by atoms with Crippen LogP contribution in [0.15, 0.2) is 18.2 Å². The largest absolute Gasteiger partial charge is 0.365 e. The number of hydrogen-bond acceptors (Lipinski definition) is 3. The summed E-state index contributed by atoms with van der Waals surface area (Å²) in [5.74, 6) is -1.05. The van der Waals surface area contributed by atoms with Crippen LogP contribution in [-0.4, -0.2) is 38.1 Å². The van der Waals surface area contributed by atoms with E-state index < -0.39 is 11.6 Å². The normalized spacial score (nSPS) is 23.2. The maximum absolute atomic E-state index is 13.8. The van der Waals surface area contributed by atoms with Crippen molar-refractivity contribution in [2.45, 2.75) is 25.3 Å². The third-order valence-electron chi connectivity index (χ3n) is 4.46. The average Bonchev–Trinajstić information content (AvgIpc) is 2.96. The van der Waals surface area contributed by atoms with Crippen molar-refractivity contribution in [2.24, 2.45) is 5.92 Å². The monoisotopic (exact) mass is 381 g/mol. The number of para-hydroxylation sites is 1. The molecule has 0 saturated carbocycles. The number of anilines is 1. The Morgan fingerprint density at radius 2 is 1.92 bits per heavy atom. The number of benzene rings is 1. The van der Waals surface area contributed by atoms with E-state index in [0.717, 1.165) is 19.4 Å². The van der Waals surface area contributed by atoms with Crippen LogP contribution in [-0.2, 0) is 4.79 Å². The van der Waals surface area contributed by atoms with Gasteiger partial charge in [0, 0.05) is 25.7 Å². The van der Waals surface area contributed by atoms with Gasteiger partial charge in [0.1, 0.15) is 17.3 Å². The molecule has 0 aliphatic carbocycles. The van der Waals surface area contributed by atoms with E-state index in [0.29, 0.717) is 26.1 Å². The van der Waals surface area contributed by atoms with Crippen molar-refractivity contribution in [1.82, 2.24) is 10.6 Å². The van der Waals surface area contributed by atoms with Gasteiger partial charge in [-0.25, -0.2) is 8.78 Å². The molecule has 1 amide bonds. The molecule has 0 spiro atoms. The topological polar surface area (TPSA) is 44.4 Å². The molecule has 0 bridgehead atoms. The van der Waals surface area contributed by atoms with E-state index in [9.17, 15) is 13.6 Å². The minimum absolute atomic E-state index is 0. The van der Waals surface area contributed by atoms with Gasteiger partial charge in [-0.05, 0) is 37.9 Å². The van der Waals surface area contributed by atoms with Crippen LogP contribution in [0, 0.1) is 17.6 Å². The molecule has 3 rings (SSSR count). The highest BCUT2D eigenvalue weighted by Crippen LogP contribution is 2.26. The van der Waals surface area contributed by atoms with Gasteiger partial charge in [-0.3, -0.25) is 4.79 Å². The Kier molecular flexibility index (Phi) is 8.19. The molecule has 4 nitrogen and oxygen atoms in total. The number of nitrogens with one attached hydrogen (secondary N) is 2. The summed E-state index contributed by atoms with van der Waals surface area (Å²) in [4.78, 5) is 13.9. The van der Waals surface area contributed by atoms with Crippen molar-refractivity contribution in [3.05, 3.63) is 29.8 Å². The SMILES string of the molecule is Cl.Cl.O=C(NC1CCN(c2c(F)cccc2F)C1)C1CCCNC1. The van der Waals surface area contributed by atoms with Gasteiger partial charge >= 0.3 is 0 Å². The Morgan fingerprint density at radius 3 is 2.54 bits per heavy atom. The first-order chi connectivity index (χ1) is 10.6. The quantitative estimate of drug-likeness (QED) is 0.845. The van der Waals surface area contributed by atoms with Gasteiger partial charge in [-0.1, -0.05) is 6.07 Å². The van der Waals surface area contributed by atoms with Gasteiger partial charge in [-0.15, -0.1) is 24.8 Å². The summed E-state index contributed by atoms with van der Waals surface area (Å²) in [6.45, 7) is 2.67. The summed E-state index contributed by atoms with van der Waals surface area (Å²) < 4.78 is 27.6. The lowest BCUT2D eigenvalue weighted by molar-refractivity contribution is -0.126. The predicted molar refractivity (Wildman–Crippen MR) is 95.2 cm³/mol. The minimum Gasteiger partial charge on any atom is -0.365 e. The molecule has 2 aliphatic rings. The van der Waals surface area contributed by atoms with Crippen LogP contribution in [0.4, 0.5) is 14.5 Å². The summed E-state index contributed by atoms with van der Waals surface area (Å²) in [5.41, 5.74) is 0.0126. The molecule has 1 aromatic rings. The predicted octanol–water partition coefficient (Wildman–Crippen LogP) is 2.50. The lowest BCUT2D eigenvalue weighted by Crippen LogP contribution is -2.45. The van der Waals surface area contributed by atoms with Crippen LogP contribution in [0.2, 0.25) is 0 Å². The standard InChI is InChI=1S/C16H21F2N3O.2ClH/c17-13-4-1-5-14(18)15(13)21-8-6-12(10-21)20-16(22)11-3-2-7-19-9-11;;/h1,4-5,11-12,19H,2-3,6-10H2,(H,20,22);2*1H. The van der Waals surface area contributed by atoms with Crippen LogP contribution in [0.25, 0.3) is 0 Å². The molecule has 2 saturated heterocycles. The van der Waals surface area contributed by atoms with E-state index in [4.69, 9.17) is 0 Å².